The molecular weight excluding hydrogens is 326 g/mol. The van der Waals surface area contributed by atoms with Crippen molar-refractivity contribution in [3.05, 3.63) is 72.1 Å². The molecule has 0 radical (unpaired) electrons. The van der Waals surface area contributed by atoms with E-state index in [1.807, 2.05) is 35.2 Å². The predicted octanol–water partition coefficient (Wildman–Crippen LogP) is 3.07. The molecule has 4 rings (SSSR count). The van der Waals surface area contributed by atoms with E-state index in [1.54, 1.807) is 4.68 Å². The van der Waals surface area contributed by atoms with Crippen LogP contribution in [0.2, 0.25) is 0 Å². The minimum absolute atomic E-state index is 0.0720. The minimum Gasteiger partial charge on any atom is -0.338 e. The van der Waals surface area contributed by atoms with E-state index < -0.39 is 0 Å². The van der Waals surface area contributed by atoms with Gasteiger partial charge < -0.3 is 4.90 Å². The van der Waals surface area contributed by atoms with Crippen molar-refractivity contribution >= 4 is 5.91 Å². The first kappa shape index (κ1) is 16.4. The summed E-state index contributed by atoms with van der Waals surface area (Å²) in [5, 5.41) is 11.2. The van der Waals surface area contributed by atoms with Crippen molar-refractivity contribution in [3.63, 3.8) is 0 Å². The van der Waals surface area contributed by atoms with Crippen LogP contribution in [0.3, 0.4) is 0 Å². The largest absolute Gasteiger partial charge is 0.338 e. The van der Waals surface area contributed by atoms with E-state index >= 15 is 0 Å². The summed E-state index contributed by atoms with van der Waals surface area (Å²) >= 11 is 0. The number of carbonyl (C=O) groups excluding carboxylic acids is 1. The Hall–Kier alpha value is -3.02. The Morgan fingerprint density at radius 1 is 1.04 bits per heavy atom. The van der Waals surface area contributed by atoms with Gasteiger partial charge in [0.15, 0.2) is 0 Å². The van der Waals surface area contributed by atoms with Gasteiger partial charge in [-0.3, -0.25) is 4.79 Å². The fourth-order valence-electron chi connectivity index (χ4n) is 3.57. The highest BCUT2D eigenvalue weighted by Crippen LogP contribution is 2.27. The summed E-state index contributed by atoms with van der Waals surface area (Å²) in [5.74, 6) is 0.466. The molecule has 6 heteroatoms. The Morgan fingerprint density at radius 2 is 1.92 bits per heavy atom. The van der Waals surface area contributed by atoms with E-state index in [0.717, 1.165) is 38.0 Å². The first-order chi connectivity index (χ1) is 12.8. The zero-order valence-electron chi connectivity index (χ0n) is 14.5. The molecular formula is C20H21N5O. The SMILES string of the molecule is O=C(c1cccc(-n2cnnn2)c1)N1CCCCC(c2ccccc2)C1. The molecule has 1 fully saturated rings. The molecule has 1 aromatic heterocycles. The lowest BCUT2D eigenvalue weighted by molar-refractivity contribution is 0.0754. The quantitative estimate of drug-likeness (QED) is 0.730. The van der Waals surface area contributed by atoms with Crippen molar-refractivity contribution in [1.82, 2.24) is 25.1 Å². The molecule has 6 nitrogen and oxygen atoms in total. The maximum atomic E-state index is 13.1. The molecule has 1 aliphatic heterocycles. The van der Waals surface area contributed by atoms with Crippen molar-refractivity contribution in [2.75, 3.05) is 13.1 Å². The molecule has 1 atom stereocenters. The smallest absolute Gasteiger partial charge is 0.253 e. The maximum absolute atomic E-state index is 13.1. The van der Waals surface area contributed by atoms with Gasteiger partial charge in [-0.05, 0) is 47.0 Å². The fourth-order valence-corrected chi connectivity index (χ4v) is 3.57. The maximum Gasteiger partial charge on any atom is 0.253 e. The third-order valence-corrected chi connectivity index (χ3v) is 4.94. The van der Waals surface area contributed by atoms with Gasteiger partial charge in [-0.1, -0.05) is 42.8 Å². The molecule has 132 valence electrons. The molecule has 0 bridgehead atoms. The molecule has 1 saturated heterocycles. The van der Waals surface area contributed by atoms with Crippen LogP contribution in [-0.2, 0) is 0 Å². The molecule has 2 aromatic carbocycles. The van der Waals surface area contributed by atoms with E-state index in [-0.39, 0.29) is 5.91 Å². The van der Waals surface area contributed by atoms with Crippen LogP contribution in [0.15, 0.2) is 60.9 Å². The summed E-state index contributed by atoms with van der Waals surface area (Å²) in [5.41, 5.74) is 2.77. The van der Waals surface area contributed by atoms with E-state index in [9.17, 15) is 4.79 Å². The Morgan fingerprint density at radius 3 is 2.73 bits per heavy atom. The van der Waals surface area contributed by atoms with Crippen LogP contribution < -0.4 is 0 Å². The van der Waals surface area contributed by atoms with E-state index in [1.165, 1.54) is 11.9 Å². The summed E-state index contributed by atoms with van der Waals surface area (Å²) < 4.78 is 1.56. The third kappa shape index (κ3) is 3.49. The number of likely N-dealkylation sites (tertiary alicyclic amines) is 1. The lowest BCUT2D eigenvalue weighted by Crippen LogP contribution is -2.34. The molecule has 1 amide bonds. The monoisotopic (exact) mass is 347 g/mol. The van der Waals surface area contributed by atoms with Crippen LogP contribution in [0.5, 0.6) is 0 Å². The molecule has 0 aliphatic carbocycles. The van der Waals surface area contributed by atoms with Gasteiger partial charge in [-0.15, -0.1) is 5.10 Å². The summed E-state index contributed by atoms with van der Waals surface area (Å²) in [6.07, 6.45) is 4.84. The van der Waals surface area contributed by atoms with Crippen molar-refractivity contribution in [2.24, 2.45) is 0 Å². The van der Waals surface area contributed by atoms with Gasteiger partial charge >= 0.3 is 0 Å². The zero-order chi connectivity index (χ0) is 17.8. The summed E-state index contributed by atoms with van der Waals surface area (Å²) in [6, 6.07) is 18.0. The molecule has 0 saturated carbocycles. The lowest BCUT2D eigenvalue weighted by atomic mass is 9.94. The highest BCUT2D eigenvalue weighted by molar-refractivity contribution is 5.94. The average molecular weight is 347 g/mol. The third-order valence-electron chi connectivity index (χ3n) is 4.94. The summed E-state index contributed by atoms with van der Waals surface area (Å²) in [6.45, 7) is 1.56. The number of hydrogen-bond donors (Lipinski definition) is 0. The first-order valence-corrected chi connectivity index (χ1v) is 8.99. The van der Waals surface area contributed by atoms with Gasteiger partial charge in [0.25, 0.3) is 5.91 Å². The number of carbonyl (C=O) groups is 1. The molecule has 3 aromatic rings. The molecule has 1 aliphatic rings. The summed E-state index contributed by atoms with van der Waals surface area (Å²) in [7, 11) is 0. The molecule has 2 heterocycles. The van der Waals surface area contributed by atoms with E-state index in [4.69, 9.17) is 0 Å². The van der Waals surface area contributed by atoms with Crippen LogP contribution in [0.4, 0.5) is 0 Å². The van der Waals surface area contributed by atoms with Crippen LogP contribution in [0.25, 0.3) is 5.69 Å². The van der Waals surface area contributed by atoms with Crippen molar-refractivity contribution in [1.29, 1.82) is 0 Å². The lowest BCUT2D eigenvalue weighted by Gasteiger charge is -2.25. The average Bonchev–Trinajstić information content (AvgIpc) is 3.13. The van der Waals surface area contributed by atoms with E-state index in [2.05, 4.69) is 39.8 Å². The Bertz CT molecular complexity index is 863. The second-order valence-electron chi connectivity index (χ2n) is 6.66. The van der Waals surface area contributed by atoms with Gasteiger partial charge in [0.05, 0.1) is 5.69 Å². The van der Waals surface area contributed by atoms with Crippen molar-refractivity contribution < 1.29 is 4.79 Å². The van der Waals surface area contributed by atoms with E-state index in [0.29, 0.717) is 11.5 Å². The molecule has 1 unspecified atom stereocenters. The van der Waals surface area contributed by atoms with Crippen LogP contribution in [0, 0.1) is 0 Å². The topological polar surface area (TPSA) is 63.9 Å². The number of tetrazole rings is 1. The second-order valence-corrected chi connectivity index (χ2v) is 6.66. The summed E-state index contributed by atoms with van der Waals surface area (Å²) in [4.78, 5) is 15.1. The zero-order valence-corrected chi connectivity index (χ0v) is 14.5. The number of hydrogen-bond acceptors (Lipinski definition) is 4. The highest BCUT2D eigenvalue weighted by Gasteiger charge is 2.24. The molecule has 0 N–H and O–H groups in total. The first-order valence-electron chi connectivity index (χ1n) is 8.99. The number of rotatable bonds is 3. The standard InChI is InChI=1S/C20H21N5O/c26-20(17-10-6-11-19(13-17)25-15-21-22-23-25)24-12-5-4-9-18(14-24)16-7-2-1-3-8-16/h1-3,6-8,10-11,13,15,18H,4-5,9,12,14H2. The number of amides is 1. The minimum atomic E-state index is 0.0720. The van der Waals surface area contributed by atoms with Crippen molar-refractivity contribution in [2.45, 2.75) is 25.2 Å². The van der Waals surface area contributed by atoms with Gasteiger partial charge in [-0.25, -0.2) is 4.68 Å². The Kier molecular flexibility index (Phi) is 4.73. The van der Waals surface area contributed by atoms with Crippen molar-refractivity contribution in [3.8, 4) is 5.69 Å². The number of benzene rings is 2. The van der Waals surface area contributed by atoms with Gasteiger partial charge in [0, 0.05) is 24.6 Å². The normalized spacial score (nSPS) is 17.7. The molecule has 0 spiro atoms. The van der Waals surface area contributed by atoms with Gasteiger partial charge in [-0.2, -0.15) is 0 Å². The number of aromatic nitrogens is 4. The van der Waals surface area contributed by atoms with Crippen LogP contribution >= 0.6 is 0 Å². The Balaban J connectivity index is 1.56. The fraction of sp³-hybridized carbons (Fsp3) is 0.300. The Labute approximate surface area is 152 Å². The predicted molar refractivity (Wildman–Crippen MR) is 98.1 cm³/mol. The van der Waals surface area contributed by atoms with Crippen LogP contribution in [0.1, 0.15) is 41.1 Å². The number of nitrogens with zero attached hydrogens (tertiary/aromatic N) is 5. The molecule has 26 heavy (non-hydrogen) atoms. The van der Waals surface area contributed by atoms with Gasteiger partial charge in [0.2, 0.25) is 0 Å². The van der Waals surface area contributed by atoms with Gasteiger partial charge in [0.1, 0.15) is 6.33 Å². The highest BCUT2D eigenvalue weighted by atomic mass is 16.2. The second kappa shape index (κ2) is 7.47. The van der Waals surface area contributed by atoms with Crippen LogP contribution in [-0.4, -0.2) is 44.1 Å².